The first-order valence-electron chi connectivity index (χ1n) is 9.15. The van der Waals surface area contributed by atoms with Crippen molar-refractivity contribution in [3.8, 4) is 0 Å². The lowest BCUT2D eigenvalue weighted by Crippen LogP contribution is -2.50. The molecule has 2 aromatic rings. The number of likely N-dealkylation sites (tertiary alicyclic amines) is 1. The fourth-order valence-corrected chi connectivity index (χ4v) is 3.63. The quantitative estimate of drug-likeness (QED) is 0.743. The van der Waals surface area contributed by atoms with Crippen molar-refractivity contribution in [3.63, 3.8) is 0 Å². The number of urea groups is 1. The zero-order valence-electron chi connectivity index (χ0n) is 15.5. The lowest BCUT2D eigenvalue weighted by Gasteiger charge is -2.28. The van der Waals surface area contributed by atoms with Gasteiger partial charge in [0.1, 0.15) is 5.69 Å². The Morgan fingerprint density at radius 1 is 1.18 bits per heavy atom. The molecule has 1 saturated heterocycles. The molecule has 2 amide bonds. The first-order valence-corrected chi connectivity index (χ1v) is 9.53. The van der Waals surface area contributed by atoms with Gasteiger partial charge in [0.2, 0.25) is 0 Å². The molecule has 28 heavy (non-hydrogen) atoms. The molecule has 0 spiro atoms. The van der Waals surface area contributed by atoms with Crippen molar-refractivity contribution in [1.82, 2.24) is 14.9 Å². The number of hydrogen-bond donors (Lipinski definition) is 0. The number of benzene rings is 1. The van der Waals surface area contributed by atoms with Crippen LogP contribution in [-0.4, -0.2) is 53.5 Å². The van der Waals surface area contributed by atoms with E-state index in [-0.39, 0.29) is 6.03 Å². The van der Waals surface area contributed by atoms with Crippen LogP contribution in [0.1, 0.15) is 24.2 Å². The van der Waals surface area contributed by atoms with Gasteiger partial charge >= 0.3 is 6.03 Å². The molecule has 1 atom stereocenters. The van der Waals surface area contributed by atoms with E-state index in [4.69, 9.17) is 11.6 Å². The molecule has 4 rings (SSSR count). The Morgan fingerprint density at radius 3 is 2.57 bits per heavy atom. The maximum Gasteiger partial charge on any atom is 0.326 e. The SMILES string of the molecule is CN1c2nc(/C=C/c3ccc(Cl)cc3)ncc2N(C(=O)N2CCCC2)C1C=O. The van der Waals surface area contributed by atoms with Gasteiger partial charge in [0.05, 0.1) is 6.20 Å². The van der Waals surface area contributed by atoms with E-state index in [0.717, 1.165) is 24.7 Å². The zero-order chi connectivity index (χ0) is 19.7. The van der Waals surface area contributed by atoms with E-state index in [2.05, 4.69) is 9.97 Å². The molecule has 1 aromatic heterocycles. The minimum Gasteiger partial charge on any atom is -0.331 e. The summed E-state index contributed by atoms with van der Waals surface area (Å²) in [6.45, 7) is 1.42. The van der Waals surface area contributed by atoms with E-state index >= 15 is 0 Å². The van der Waals surface area contributed by atoms with Crippen molar-refractivity contribution in [2.75, 3.05) is 29.9 Å². The number of likely N-dealkylation sites (N-methyl/N-ethyl adjacent to an activating group) is 1. The smallest absolute Gasteiger partial charge is 0.326 e. The Kier molecular flexibility index (Phi) is 5.00. The summed E-state index contributed by atoms with van der Waals surface area (Å²) in [6, 6.07) is 7.26. The number of nitrogens with zero attached hydrogens (tertiary/aromatic N) is 5. The molecule has 2 aliphatic rings. The summed E-state index contributed by atoms with van der Waals surface area (Å²) in [5, 5.41) is 0.676. The fraction of sp³-hybridized carbons (Fsp3) is 0.300. The maximum atomic E-state index is 12.9. The number of anilines is 2. The summed E-state index contributed by atoms with van der Waals surface area (Å²) in [6.07, 6.45) is 7.30. The summed E-state index contributed by atoms with van der Waals surface area (Å²) in [7, 11) is 1.76. The highest BCUT2D eigenvalue weighted by molar-refractivity contribution is 6.30. The molecule has 1 unspecified atom stereocenters. The van der Waals surface area contributed by atoms with Gasteiger partial charge in [-0.1, -0.05) is 29.8 Å². The summed E-state index contributed by atoms with van der Waals surface area (Å²) >= 11 is 5.90. The van der Waals surface area contributed by atoms with Crippen LogP contribution in [0.2, 0.25) is 5.02 Å². The summed E-state index contributed by atoms with van der Waals surface area (Å²) in [4.78, 5) is 38.5. The molecule has 0 aliphatic carbocycles. The Morgan fingerprint density at radius 2 is 1.89 bits per heavy atom. The van der Waals surface area contributed by atoms with Crippen LogP contribution in [0.3, 0.4) is 0 Å². The first-order chi connectivity index (χ1) is 13.6. The third kappa shape index (κ3) is 3.33. The van der Waals surface area contributed by atoms with E-state index in [1.54, 1.807) is 29.1 Å². The van der Waals surface area contributed by atoms with Crippen molar-refractivity contribution in [3.05, 3.63) is 46.9 Å². The first kappa shape index (κ1) is 18.4. The van der Waals surface area contributed by atoms with E-state index in [1.165, 1.54) is 4.90 Å². The molecule has 0 N–H and O–H groups in total. The van der Waals surface area contributed by atoms with E-state index < -0.39 is 6.17 Å². The normalized spacial score (nSPS) is 18.8. The Bertz CT molecular complexity index is 925. The minimum atomic E-state index is -0.715. The molecule has 0 bridgehead atoms. The number of carbonyl (C=O) groups excluding carboxylic acids is 2. The lowest BCUT2D eigenvalue weighted by atomic mass is 10.2. The van der Waals surface area contributed by atoms with Crippen molar-refractivity contribution in [2.24, 2.45) is 0 Å². The Balaban J connectivity index is 1.62. The second kappa shape index (κ2) is 7.59. The number of aldehydes is 1. The van der Waals surface area contributed by atoms with Crippen LogP contribution in [-0.2, 0) is 4.79 Å². The van der Waals surface area contributed by atoms with Crippen molar-refractivity contribution in [2.45, 2.75) is 19.0 Å². The van der Waals surface area contributed by atoms with Crippen molar-refractivity contribution < 1.29 is 9.59 Å². The third-order valence-corrected chi connectivity index (χ3v) is 5.27. The molecule has 2 aliphatic heterocycles. The highest BCUT2D eigenvalue weighted by Gasteiger charge is 2.41. The largest absolute Gasteiger partial charge is 0.331 e. The van der Waals surface area contributed by atoms with Gasteiger partial charge in [-0.15, -0.1) is 0 Å². The summed E-state index contributed by atoms with van der Waals surface area (Å²) < 4.78 is 0. The predicted octanol–water partition coefficient (Wildman–Crippen LogP) is 3.30. The van der Waals surface area contributed by atoms with Crippen LogP contribution >= 0.6 is 11.6 Å². The van der Waals surface area contributed by atoms with Crippen molar-refractivity contribution in [1.29, 1.82) is 0 Å². The Labute approximate surface area is 168 Å². The van der Waals surface area contributed by atoms with Crippen molar-refractivity contribution >= 4 is 47.6 Å². The van der Waals surface area contributed by atoms with E-state index in [1.807, 2.05) is 30.3 Å². The Hall–Kier alpha value is -2.93. The van der Waals surface area contributed by atoms with Crippen LogP contribution in [0.5, 0.6) is 0 Å². The number of amides is 2. The molecule has 3 heterocycles. The monoisotopic (exact) mass is 397 g/mol. The van der Waals surface area contributed by atoms with Gasteiger partial charge in [0.25, 0.3) is 0 Å². The molecule has 144 valence electrons. The zero-order valence-corrected chi connectivity index (χ0v) is 16.2. The van der Waals surface area contributed by atoms with Crippen LogP contribution in [0.25, 0.3) is 12.2 Å². The highest BCUT2D eigenvalue weighted by atomic mass is 35.5. The number of rotatable bonds is 3. The number of halogens is 1. The molecular weight excluding hydrogens is 378 g/mol. The van der Waals surface area contributed by atoms with Gasteiger partial charge < -0.3 is 9.80 Å². The second-order valence-electron chi connectivity index (χ2n) is 6.83. The summed E-state index contributed by atoms with van der Waals surface area (Å²) in [5.41, 5.74) is 1.53. The lowest BCUT2D eigenvalue weighted by molar-refractivity contribution is -0.108. The van der Waals surface area contributed by atoms with Gasteiger partial charge in [0, 0.05) is 25.2 Å². The number of fused-ring (bicyclic) bond motifs is 1. The van der Waals surface area contributed by atoms with E-state index in [0.29, 0.717) is 35.4 Å². The van der Waals surface area contributed by atoms with Crippen LogP contribution < -0.4 is 9.80 Å². The van der Waals surface area contributed by atoms with Gasteiger partial charge in [-0.25, -0.2) is 14.8 Å². The predicted molar refractivity (Wildman–Crippen MR) is 109 cm³/mol. The van der Waals surface area contributed by atoms with Gasteiger partial charge in [-0.05, 0) is 36.6 Å². The average molecular weight is 398 g/mol. The molecule has 1 fully saturated rings. The highest BCUT2D eigenvalue weighted by Crippen LogP contribution is 2.37. The second-order valence-corrected chi connectivity index (χ2v) is 7.27. The average Bonchev–Trinajstić information content (AvgIpc) is 3.34. The van der Waals surface area contributed by atoms with Crippen LogP contribution in [0.4, 0.5) is 16.3 Å². The molecule has 7 nitrogen and oxygen atoms in total. The number of hydrogen-bond acceptors (Lipinski definition) is 5. The number of aromatic nitrogens is 2. The molecular formula is C20H20ClN5O2. The van der Waals surface area contributed by atoms with E-state index in [9.17, 15) is 9.59 Å². The third-order valence-electron chi connectivity index (χ3n) is 5.02. The fourth-order valence-electron chi connectivity index (χ4n) is 3.50. The molecule has 0 radical (unpaired) electrons. The number of carbonyl (C=O) groups is 2. The molecule has 8 heteroatoms. The summed E-state index contributed by atoms with van der Waals surface area (Å²) in [5.74, 6) is 1.07. The van der Waals surface area contributed by atoms with Crippen LogP contribution in [0, 0.1) is 0 Å². The van der Waals surface area contributed by atoms with Crippen LogP contribution in [0.15, 0.2) is 30.5 Å². The van der Waals surface area contributed by atoms with Gasteiger partial charge in [-0.2, -0.15) is 0 Å². The van der Waals surface area contributed by atoms with Gasteiger partial charge in [-0.3, -0.25) is 9.69 Å². The topological polar surface area (TPSA) is 69.6 Å². The maximum absolute atomic E-state index is 12.9. The standard InChI is InChI=1S/C20H20ClN5O2/c1-24-18(13-27)26(20(28)25-10-2-3-11-25)16-12-22-17(23-19(16)24)9-6-14-4-7-15(21)8-5-14/h4-9,12-13,18H,2-3,10-11H2,1H3/b9-6+. The molecule has 1 aromatic carbocycles. The van der Waals surface area contributed by atoms with Gasteiger partial charge in [0.15, 0.2) is 24.1 Å². The minimum absolute atomic E-state index is 0.173. The molecule has 0 saturated carbocycles.